The molecular weight excluding hydrogens is 254 g/mol. The van der Waals surface area contributed by atoms with E-state index in [2.05, 4.69) is 80.5 Å². The minimum atomic E-state index is 0.598. The van der Waals surface area contributed by atoms with E-state index in [4.69, 9.17) is 0 Å². The molecule has 0 aliphatic rings. The van der Waals surface area contributed by atoms with Crippen LogP contribution < -0.4 is 0 Å². The van der Waals surface area contributed by atoms with Crippen LogP contribution in [0.25, 0.3) is 0 Å². The van der Waals surface area contributed by atoms with Gasteiger partial charge < -0.3 is 4.90 Å². The van der Waals surface area contributed by atoms with Crippen molar-refractivity contribution in [3.63, 3.8) is 0 Å². The second kappa shape index (κ2) is 7.99. The third-order valence-corrected chi connectivity index (χ3v) is 4.16. The van der Waals surface area contributed by atoms with E-state index in [-0.39, 0.29) is 0 Å². The molecule has 0 aromatic heterocycles. The Balaban J connectivity index is 2.19. The summed E-state index contributed by atoms with van der Waals surface area (Å²) in [6.45, 7) is 3.38. The highest BCUT2D eigenvalue weighted by atomic mass is 15.0. The van der Waals surface area contributed by atoms with Crippen molar-refractivity contribution in [2.75, 3.05) is 20.6 Å². The molecule has 0 fully saturated rings. The number of hydrogen-bond acceptors (Lipinski definition) is 1. The van der Waals surface area contributed by atoms with Crippen LogP contribution in [-0.4, -0.2) is 25.5 Å². The molecule has 21 heavy (non-hydrogen) atoms. The number of aryl methyl sites for hydroxylation is 1. The molecule has 0 radical (unpaired) electrons. The van der Waals surface area contributed by atoms with E-state index in [1.165, 1.54) is 23.1 Å². The average molecular weight is 281 g/mol. The van der Waals surface area contributed by atoms with Gasteiger partial charge in [0, 0.05) is 0 Å². The smallest absolute Gasteiger partial charge is 0.00189 e. The summed E-state index contributed by atoms with van der Waals surface area (Å²) in [6.07, 6.45) is 3.46. The second-order valence-electron chi connectivity index (χ2n) is 6.03. The Morgan fingerprint density at radius 2 is 1.48 bits per heavy atom. The van der Waals surface area contributed by atoms with Crippen molar-refractivity contribution in [1.82, 2.24) is 4.90 Å². The normalized spacial score (nSPS) is 12.6. The fourth-order valence-corrected chi connectivity index (χ4v) is 2.89. The summed E-state index contributed by atoms with van der Waals surface area (Å²) >= 11 is 0. The molecule has 0 N–H and O–H groups in total. The Labute approximate surface area is 129 Å². The van der Waals surface area contributed by atoms with Gasteiger partial charge in [-0.05, 0) is 62.5 Å². The van der Waals surface area contributed by atoms with Gasteiger partial charge in [-0.15, -0.1) is 0 Å². The van der Waals surface area contributed by atoms with Gasteiger partial charge in [-0.25, -0.2) is 0 Å². The highest BCUT2D eigenvalue weighted by Crippen LogP contribution is 2.26. The summed E-state index contributed by atoms with van der Waals surface area (Å²) in [6, 6.07) is 19.8. The summed E-state index contributed by atoms with van der Waals surface area (Å²) in [5, 5.41) is 0. The van der Waals surface area contributed by atoms with E-state index in [0.29, 0.717) is 5.92 Å². The quantitative estimate of drug-likeness (QED) is 0.721. The molecule has 0 amide bonds. The molecule has 1 nitrogen and oxygen atoms in total. The first kappa shape index (κ1) is 15.8. The van der Waals surface area contributed by atoms with E-state index in [0.717, 1.165) is 19.4 Å². The Hall–Kier alpha value is -1.60. The molecule has 1 unspecified atom stereocenters. The number of hydrogen-bond donors (Lipinski definition) is 0. The van der Waals surface area contributed by atoms with Crippen LogP contribution >= 0.6 is 0 Å². The lowest BCUT2D eigenvalue weighted by Gasteiger charge is -2.21. The van der Waals surface area contributed by atoms with Crippen LogP contribution in [0.4, 0.5) is 0 Å². The van der Waals surface area contributed by atoms with Gasteiger partial charge in [-0.2, -0.15) is 0 Å². The van der Waals surface area contributed by atoms with Crippen molar-refractivity contribution in [1.29, 1.82) is 0 Å². The minimum absolute atomic E-state index is 0.598. The van der Waals surface area contributed by atoms with Crippen LogP contribution in [0.2, 0.25) is 0 Å². The molecule has 1 atom stereocenters. The van der Waals surface area contributed by atoms with E-state index in [9.17, 15) is 0 Å². The van der Waals surface area contributed by atoms with Gasteiger partial charge in [0.1, 0.15) is 0 Å². The zero-order valence-corrected chi connectivity index (χ0v) is 13.5. The third-order valence-electron chi connectivity index (χ3n) is 4.16. The van der Waals surface area contributed by atoms with Gasteiger partial charge >= 0.3 is 0 Å². The number of nitrogens with zero attached hydrogens (tertiary/aromatic N) is 1. The highest BCUT2D eigenvalue weighted by molar-refractivity contribution is 5.30. The lowest BCUT2D eigenvalue weighted by molar-refractivity contribution is 0.379. The van der Waals surface area contributed by atoms with Crippen molar-refractivity contribution < 1.29 is 0 Å². The first-order chi connectivity index (χ1) is 10.2. The summed E-state index contributed by atoms with van der Waals surface area (Å²) in [5.74, 6) is 0.598. The van der Waals surface area contributed by atoms with Crippen LogP contribution in [0.3, 0.4) is 0 Å². The van der Waals surface area contributed by atoms with Crippen molar-refractivity contribution in [2.45, 2.75) is 32.1 Å². The van der Waals surface area contributed by atoms with E-state index in [1.54, 1.807) is 0 Å². The molecule has 0 aliphatic carbocycles. The lowest BCUT2D eigenvalue weighted by Crippen LogP contribution is -2.17. The van der Waals surface area contributed by atoms with Gasteiger partial charge in [0.05, 0.1) is 0 Å². The van der Waals surface area contributed by atoms with E-state index in [1.807, 2.05) is 0 Å². The molecule has 0 bridgehead atoms. The maximum Gasteiger partial charge on any atom is -0.00189 e. The number of benzene rings is 2. The van der Waals surface area contributed by atoms with Crippen molar-refractivity contribution in [2.24, 2.45) is 0 Å². The van der Waals surface area contributed by atoms with Crippen LogP contribution in [0.5, 0.6) is 0 Å². The maximum atomic E-state index is 2.30. The fraction of sp³-hybridized carbons (Fsp3) is 0.400. The molecule has 0 heterocycles. The third kappa shape index (κ3) is 4.71. The van der Waals surface area contributed by atoms with Crippen molar-refractivity contribution in [3.8, 4) is 0 Å². The zero-order valence-electron chi connectivity index (χ0n) is 13.5. The van der Waals surface area contributed by atoms with Crippen LogP contribution in [0.1, 0.15) is 36.0 Å². The zero-order chi connectivity index (χ0) is 15.1. The minimum Gasteiger partial charge on any atom is -0.309 e. The van der Waals surface area contributed by atoms with Crippen LogP contribution in [0.15, 0.2) is 54.6 Å². The maximum absolute atomic E-state index is 2.30. The largest absolute Gasteiger partial charge is 0.309 e. The molecule has 2 aromatic carbocycles. The van der Waals surface area contributed by atoms with Gasteiger partial charge in [0.15, 0.2) is 0 Å². The molecule has 2 rings (SSSR count). The summed E-state index contributed by atoms with van der Waals surface area (Å²) in [7, 11) is 4.31. The molecule has 0 aliphatic heterocycles. The predicted molar refractivity (Wildman–Crippen MR) is 91.9 cm³/mol. The van der Waals surface area contributed by atoms with Crippen molar-refractivity contribution in [3.05, 3.63) is 71.3 Å². The summed E-state index contributed by atoms with van der Waals surface area (Å²) in [4.78, 5) is 2.28. The number of rotatable bonds is 7. The SMILES string of the molecule is CCc1ccccc1CC(CCN(C)C)c1ccccc1. The summed E-state index contributed by atoms with van der Waals surface area (Å²) < 4.78 is 0. The topological polar surface area (TPSA) is 3.24 Å². The molecule has 0 spiro atoms. The second-order valence-corrected chi connectivity index (χ2v) is 6.03. The van der Waals surface area contributed by atoms with Gasteiger partial charge in [-0.1, -0.05) is 61.5 Å². The molecule has 2 aromatic rings. The lowest BCUT2D eigenvalue weighted by atomic mass is 9.87. The van der Waals surface area contributed by atoms with E-state index >= 15 is 0 Å². The molecule has 0 saturated carbocycles. The fourth-order valence-electron chi connectivity index (χ4n) is 2.89. The monoisotopic (exact) mass is 281 g/mol. The Bertz CT molecular complexity index is 531. The Morgan fingerprint density at radius 3 is 2.10 bits per heavy atom. The average Bonchev–Trinajstić information content (AvgIpc) is 2.52. The van der Waals surface area contributed by atoms with Gasteiger partial charge in [-0.3, -0.25) is 0 Å². The van der Waals surface area contributed by atoms with Gasteiger partial charge in [0.2, 0.25) is 0 Å². The van der Waals surface area contributed by atoms with Gasteiger partial charge in [0.25, 0.3) is 0 Å². The Morgan fingerprint density at radius 1 is 0.857 bits per heavy atom. The standard InChI is InChI=1S/C20H27N/c1-4-17-10-8-9-13-19(17)16-20(14-15-21(2)3)18-11-6-5-7-12-18/h5-13,20H,4,14-16H2,1-3H3. The molecule has 112 valence electrons. The molecular formula is C20H27N. The first-order valence-corrected chi connectivity index (χ1v) is 7.97. The molecule has 0 saturated heterocycles. The van der Waals surface area contributed by atoms with Crippen molar-refractivity contribution >= 4 is 0 Å². The first-order valence-electron chi connectivity index (χ1n) is 7.97. The van der Waals surface area contributed by atoms with E-state index < -0.39 is 0 Å². The Kier molecular flexibility index (Phi) is 6.01. The highest BCUT2D eigenvalue weighted by Gasteiger charge is 2.14. The van der Waals surface area contributed by atoms with Crippen LogP contribution in [0, 0.1) is 0 Å². The van der Waals surface area contributed by atoms with Crippen LogP contribution in [-0.2, 0) is 12.8 Å². The predicted octanol–water partition coefficient (Wildman–Crippen LogP) is 4.53. The summed E-state index contributed by atoms with van der Waals surface area (Å²) in [5.41, 5.74) is 4.46. The molecule has 1 heteroatoms.